The molecule has 9 heteroatoms. The summed E-state index contributed by atoms with van der Waals surface area (Å²) in [5.74, 6) is 0.418. The molecule has 178 valence electrons. The molecule has 3 heterocycles. The number of aromatic amines is 1. The van der Waals surface area contributed by atoms with Gasteiger partial charge in [-0.05, 0) is 42.8 Å². The quantitative estimate of drug-likeness (QED) is 0.342. The van der Waals surface area contributed by atoms with Crippen LogP contribution in [0.5, 0.6) is 0 Å². The number of H-pyrrole nitrogens is 1. The van der Waals surface area contributed by atoms with Gasteiger partial charge in [0.05, 0.1) is 17.1 Å². The lowest BCUT2D eigenvalue weighted by Crippen LogP contribution is -2.43. The van der Waals surface area contributed by atoms with E-state index in [1.54, 1.807) is 6.07 Å². The Morgan fingerprint density at radius 2 is 1.86 bits per heavy atom. The van der Waals surface area contributed by atoms with Crippen LogP contribution in [0.2, 0.25) is 0 Å². The molecule has 2 aromatic heterocycles. The molecule has 0 fully saturated rings. The van der Waals surface area contributed by atoms with Crippen molar-refractivity contribution in [3.05, 3.63) is 84.6 Å². The van der Waals surface area contributed by atoms with Gasteiger partial charge in [0, 0.05) is 28.4 Å². The number of amides is 2. The summed E-state index contributed by atoms with van der Waals surface area (Å²) in [7, 11) is 0. The molecule has 8 nitrogen and oxygen atoms in total. The highest BCUT2D eigenvalue weighted by Crippen LogP contribution is 2.34. The second-order valence-corrected chi connectivity index (χ2v) is 9.50. The van der Waals surface area contributed by atoms with Gasteiger partial charge in [-0.1, -0.05) is 54.2 Å². The van der Waals surface area contributed by atoms with E-state index in [1.165, 1.54) is 16.7 Å². The summed E-state index contributed by atoms with van der Waals surface area (Å²) in [5.41, 5.74) is 5.29. The summed E-state index contributed by atoms with van der Waals surface area (Å²) in [6.07, 6.45) is 1.93. The van der Waals surface area contributed by atoms with Gasteiger partial charge in [-0.25, -0.2) is 0 Å². The largest absolute Gasteiger partial charge is 0.360 e. The fraction of sp³-hybridized carbons (Fsp3) is 0.111. The lowest BCUT2D eigenvalue weighted by molar-refractivity contribution is -0.120. The van der Waals surface area contributed by atoms with E-state index < -0.39 is 0 Å². The highest BCUT2D eigenvalue weighted by molar-refractivity contribution is 7.99. The third kappa shape index (κ3) is 3.93. The average Bonchev–Trinajstić information content (AvgIpc) is 3.50. The number of benzene rings is 3. The first-order valence-electron chi connectivity index (χ1n) is 11.5. The van der Waals surface area contributed by atoms with Crippen molar-refractivity contribution >= 4 is 45.9 Å². The number of fused-ring (bicyclic) bond motifs is 2. The number of hydrogen-bond donors (Lipinski definition) is 2. The van der Waals surface area contributed by atoms with Crippen LogP contribution in [0.15, 0.2) is 84.1 Å². The van der Waals surface area contributed by atoms with Crippen molar-refractivity contribution < 1.29 is 9.59 Å². The standard InChI is InChI=1S/C27H22N6O2S/c1-17-7-6-8-18(13-17)33-26(20-14-28-21-10-3-2-9-19(20)21)30-31-27(33)36-16-25(35)32-15-24(34)29-22-11-4-5-12-23(22)32/h2-14,28H,15-16H2,1H3,(H,29,34). The first kappa shape index (κ1) is 22.1. The van der Waals surface area contributed by atoms with Crippen LogP contribution in [0.3, 0.4) is 0 Å². The van der Waals surface area contributed by atoms with Gasteiger partial charge in [0.15, 0.2) is 11.0 Å². The van der Waals surface area contributed by atoms with Gasteiger partial charge in [-0.2, -0.15) is 0 Å². The molecule has 3 aromatic carbocycles. The van der Waals surface area contributed by atoms with E-state index in [1.807, 2.05) is 78.4 Å². The van der Waals surface area contributed by atoms with Gasteiger partial charge in [0.2, 0.25) is 11.8 Å². The van der Waals surface area contributed by atoms with E-state index in [0.29, 0.717) is 22.4 Å². The zero-order chi connectivity index (χ0) is 24.6. The summed E-state index contributed by atoms with van der Waals surface area (Å²) >= 11 is 1.31. The van der Waals surface area contributed by atoms with E-state index in [-0.39, 0.29) is 24.1 Å². The summed E-state index contributed by atoms with van der Waals surface area (Å²) in [6.45, 7) is 2.02. The van der Waals surface area contributed by atoms with Crippen LogP contribution < -0.4 is 10.2 Å². The highest BCUT2D eigenvalue weighted by Gasteiger charge is 2.27. The number of aromatic nitrogens is 4. The number of carbonyl (C=O) groups is 2. The minimum Gasteiger partial charge on any atom is -0.360 e. The van der Waals surface area contributed by atoms with E-state index in [9.17, 15) is 9.59 Å². The number of carbonyl (C=O) groups excluding carboxylic acids is 2. The van der Waals surface area contributed by atoms with Gasteiger partial charge >= 0.3 is 0 Å². The molecule has 5 aromatic rings. The Hall–Kier alpha value is -4.37. The SMILES string of the molecule is Cc1cccc(-n2c(SCC(=O)N3CC(=O)Nc4ccccc43)nnc2-c2c[nH]c3ccccc23)c1. The number of hydrogen-bond acceptors (Lipinski definition) is 5. The molecule has 2 N–H and O–H groups in total. The molecule has 2 amide bonds. The number of nitrogens with zero attached hydrogens (tertiary/aromatic N) is 4. The van der Waals surface area contributed by atoms with Gasteiger partial charge < -0.3 is 15.2 Å². The maximum Gasteiger partial charge on any atom is 0.244 e. The number of anilines is 2. The Morgan fingerprint density at radius 1 is 1.03 bits per heavy atom. The lowest BCUT2D eigenvalue weighted by Gasteiger charge is -2.29. The van der Waals surface area contributed by atoms with Crippen LogP contribution in [0, 0.1) is 6.92 Å². The van der Waals surface area contributed by atoms with Crippen molar-refractivity contribution in [2.75, 3.05) is 22.5 Å². The Kier molecular flexibility index (Phi) is 5.54. The van der Waals surface area contributed by atoms with Gasteiger partial charge in [-0.15, -0.1) is 10.2 Å². The maximum atomic E-state index is 13.3. The Bertz CT molecular complexity index is 1620. The average molecular weight is 495 g/mol. The summed E-state index contributed by atoms with van der Waals surface area (Å²) < 4.78 is 1.98. The molecule has 1 aliphatic heterocycles. The minimum absolute atomic E-state index is 0.0123. The molecule has 0 aliphatic carbocycles. The predicted octanol–water partition coefficient (Wildman–Crippen LogP) is 4.80. The lowest BCUT2D eigenvalue weighted by atomic mass is 10.1. The van der Waals surface area contributed by atoms with Crippen LogP contribution in [0.4, 0.5) is 11.4 Å². The van der Waals surface area contributed by atoms with Crippen molar-refractivity contribution in [2.24, 2.45) is 0 Å². The fourth-order valence-corrected chi connectivity index (χ4v) is 5.28. The van der Waals surface area contributed by atoms with E-state index in [4.69, 9.17) is 0 Å². The van der Waals surface area contributed by atoms with Crippen molar-refractivity contribution in [1.29, 1.82) is 0 Å². The molecule has 0 bridgehead atoms. The maximum absolute atomic E-state index is 13.3. The zero-order valence-corrected chi connectivity index (χ0v) is 20.2. The number of para-hydroxylation sites is 3. The van der Waals surface area contributed by atoms with Gasteiger partial charge in [-0.3, -0.25) is 14.2 Å². The van der Waals surface area contributed by atoms with E-state index in [0.717, 1.165) is 27.7 Å². The summed E-state index contributed by atoms with van der Waals surface area (Å²) in [6, 6.07) is 23.5. The smallest absolute Gasteiger partial charge is 0.244 e. The first-order valence-corrected chi connectivity index (χ1v) is 12.5. The van der Waals surface area contributed by atoms with Crippen LogP contribution in [0.25, 0.3) is 28.0 Å². The zero-order valence-electron chi connectivity index (χ0n) is 19.4. The second kappa shape index (κ2) is 9.01. The van der Waals surface area contributed by atoms with E-state index >= 15 is 0 Å². The minimum atomic E-state index is -0.211. The predicted molar refractivity (Wildman–Crippen MR) is 142 cm³/mol. The number of thioether (sulfide) groups is 1. The second-order valence-electron chi connectivity index (χ2n) is 8.56. The fourth-order valence-electron chi connectivity index (χ4n) is 4.45. The van der Waals surface area contributed by atoms with Crippen LogP contribution in [-0.2, 0) is 9.59 Å². The molecule has 0 radical (unpaired) electrons. The van der Waals surface area contributed by atoms with Crippen LogP contribution in [-0.4, -0.2) is 43.9 Å². The number of nitrogens with one attached hydrogen (secondary N) is 2. The molecular weight excluding hydrogens is 472 g/mol. The summed E-state index contributed by atoms with van der Waals surface area (Å²) in [5, 5.41) is 13.5. The molecule has 0 saturated carbocycles. The van der Waals surface area contributed by atoms with Crippen molar-refractivity contribution in [1.82, 2.24) is 19.7 Å². The normalized spacial score (nSPS) is 13.0. The van der Waals surface area contributed by atoms with Crippen molar-refractivity contribution in [2.45, 2.75) is 12.1 Å². The summed E-state index contributed by atoms with van der Waals surface area (Å²) in [4.78, 5) is 30.3. The van der Waals surface area contributed by atoms with Gasteiger partial charge in [0.1, 0.15) is 6.54 Å². The van der Waals surface area contributed by atoms with Crippen LogP contribution in [0.1, 0.15) is 5.56 Å². The number of rotatable bonds is 5. The Labute approximate surface area is 211 Å². The molecule has 0 saturated heterocycles. The topological polar surface area (TPSA) is 95.9 Å². The molecule has 0 atom stereocenters. The number of aryl methyl sites for hydroxylation is 1. The van der Waals surface area contributed by atoms with Crippen LogP contribution >= 0.6 is 11.8 Å². The van der Waals surface area contributed by atoms with Gasteiger partial charge in [0.25, 0.3) is 0 Å². The highest BCUT2D eigenvalue weighted by atomic mass is 32.2. The molecule has 6 rings (SSSR count). The molecule has 1 aliphatic rings. The Balaban J connectivity index is 1.36. The monoisotopic (exact) mass is 494 g/mol. The van der Waals surface area contributed by atoms with Crippen molar-refractivity contribution in [3.8, 4) is 17.1 Å². The van der Waals surface area contributed by atoms with E-state index in [2.05, 4.69) is 26.6 Å². The third-order valence-corrected chi connectivity index (χ3v) is 7.03. The molecule has 0 spiro atoms. The third-order valence-electron chi connectivity index (χ3n) is 6.12. The van der Waals surface area contributed by atoms with Crippen molar-refractivity contribution in [3.63, 3.8) is 0 Å². The molecule has 36 heavy (non-hydrogen) atoms. The molecular formula is C27H22N6O2S. The first-order chi connectivity index (χ1) is 17.6. The molecule has 0 unspecified atom stereocenters. The Morgan fingerprint density at radius 3 is 2.75 bits per heavy atom.